The van der Waals surface area contributed by atoms with Crippen molar-refractivity contribution < 1.29 is 39.9 Å². The van der Waals surface area contributed by atoms with Gasteiger partial charge in [-0.3, -0.25) is 4.79 Å². The largest absolute Gasteiger partial charge is 0.417 e. The fraction of sp³-hybridized carbons (Fsp3) is 0.185. The normalized spacial score (nSPS) is 12.0. The van der Waals surface area contributed by atoms with Crippen LogP contribution in [0.15, 0.2) is 58.7 Å². The number of alkyl halides is 6. The number of methoxy groups -OCH3 is 1. The molecule has 4 aromatic rings. The first kappa shape index (κ1) is 29.0. The summed E-state index contributed by atoms with van der Waals surface area (Å²) in [6, 6.07) is 9.00. The lowest BCUT2D eigenvalue weighted by atomic mass is 10.00. The van der Waals surface area contributed by atoms with Gasteiger partial charge < -0.3 is 9.30 Å². The van der Waals surface area contributed by atoms with Crippen LogP contribution in [0.3, 0.4) is 0 Å². The highest BCUT2D eigenvalue weighted by Gasteiger charge is 2.37. The summed E-state index contributed by atoms with van der Waals surface area (Å²) in [6.45, 7) is -0.952. The highest BCUT2D eigenvalue weighted by Crippen LogP contribution is 2.39. The molecule has 0 bridgehead atoms. The summed E-state index contributed by atoms with van der Waals surface area (Å²) in [5.41, 5.74) is -5.49. The Morgan fingerprint density at radius 3 is 2.17 bits per heavy atom. The van der Waals surface area contributed by atoms with Crippen LogP contribution in [0.1, 0.15) is 27.8 Å². The predicted octanol–water partition coefficient (Wildman–Crippen LogP) is 7.63. The second kappa shape index (κ2) is 10.9. The molecule has 0 radical (unpaired) electrons. The van der Waals surface area contributed by atoms with Gasteiger partial charge in [0.1, 0.15) is 23.3 Å². The van der Waals surface area contributed by atoms with Crippen LogP contribution in [0, 0.1) is 23.0 Å². The molecule has 4 rings (SSSR count). The summed E-state index contributed by atoms with van der Waals surface area (Å²) in [7, 11) is 1.24. The zero-order valence-electron chi connectivity index (χ0n) is 20.3. The van der Waals surface area contributed by atoms with Gasteiger partial charge in [-0.2, -0.15) is 31.6 Å². The molecule has 0 saturated carbocycles. The number of nitriles is 1. The Morgan fingerprint density at radius 1 is 0.900 bits per heavy atom. The number of benzene rings is 2. The van der Waals surface area contributed by atoms with E-state index in [0.717, 1.165) is 34.1 Å². The van der Waals surface area contributed by atoms with Crippen LogP contribution in [0.4, 0.5) is 35.1 Å². The minimum absolute atomic E-state index is 0.0270. The predicted molar refractivity (Wildman–Crippen MR) is 130 cm³/mol. The van der Waals surface area contributed by atoms with E-state index in [1.54, 1.807) is 0 Å². The van der Waals surface area contributed by atoms with Gasteiger partial charge in [0.05, 0.1) is 34.8 Å². The molecule has 0 aliphatic rings. The van der Waals surface area contributed by atoms with E-state index in [1.165, 1.54) is 36.8 Å². The van der Waals surface area contributed by atoms with Crippen LogP contribution in [0.5, 0.6) is 0 Å². The van der Waals surface area contributed by atoms with E-state index in [2.05, 4.69) is 0 Å². The molecular formula is C27H16F8N2O2S. The number of thiophene rings is 1. The smallest absolute Gasteiger partial charge is 0.380 e. The van der Waals surface area contributed by atoms with Crippen LogP contribution < -0.4 is 5.56 Å². The summed E-state index contributed by atoms with van der Waals surface area (Å²) in [4.78, 5) is 13.1. The van der Waals surface area contributed by atoms with Crippen LogP contribution in [-0.2, 0) is 30.2 Å². The average molecular weight is 584 g/mol. The first-order valence-corrected chi connectivity index (χ1v) is 12.1. The molecule has 0 unspecified atom stereocenters. The molecule has 40 heavy (non-hydrogen) atoms. The third-order valence-corrected chi connectivity index (χ3v) is 6.91. The number of hydrogen-bond acceptors (Lipinski definition) is 4. The van der Waals surface area contributed by atoms with Crippen LogP contribution in [-0.4, -0.2) is 11.7 Å². The van der Waals surface area contributed by atoms with Crippen LogP contribution in [0.25, 0.3) is 21.7 Å². The fourth-order valence-electron chi connectivity index (χ4n) is 4.08. The van der Waals surface area contributed by atoms with Gasteiger partial charge in [-0.1, -0.05) is 18.2 Å². The summed E-state index contributed by atoms with van der Waals surface area (Å²) in [5, 5.41) is 10.7. The van der Waals surface area contributed by atoms with E-state index >= 15 is 0 Å². The van der Waals surface area contributed by atoms with E-state index in [9.17, 15) is 45.2 Å². The molecular weight excluding hydrogens is 568 g/mol. The maximum atomic E-state index is 14.4. The van der Waals surface area contributed by atoms with Crippen molar-refractivity contribution in [3.8, 4) is 27.8 Å². The third-order valence-electron chi connectivity index (χ3n) is 5.96. The second-order valence-electron chi connectivity index (χ2n) is 8.56. The van der Waals surface area contributed by atoms with Crippen molar-refractivity contribution >= 4 is 11.3 Å². The van der Waals surface area contributed by atoms with Crippen molar-refractivity contribution in [1.29, 1.82) is 5.26 Å². The van der Waals surface area contributed by atoms with Gasteiger partial charge in [0.2, 0.25) is 0 Å². The van der Waals surface area contributed by atoms with E-state index in [0.29, 0.717) is 12.1 Å². The average Bonchev–Trinajstić information content (AvgIpc) is 3.35. The van der Waals surface area contributed by atoms with Gasteiger partial charge in [-0.05, 0) is 46.3 Å². The maximum absolute atomic E-state index is 14.4. The Bertz CT molecular complexity index is 1680. The van der Waals surface area contributed by atoms with Crippen molar-refractivity contribution in [3.05, 3.63) is 104 Å². The number of hydrogen-bond donors (Lipinski definition) is 0. The first-order chi connectivity index (χ1) is 18.7. The lowest BCUT2D eigenvalue weighted by molar-refractivity contribution is -0.139. The molecule has 2 heterocycles. The van der Waals surface area contributed by atoms with Crippen molar-refractivity contribution in [2.75, 3.05) is 7.11 Å². The number of rotatable bonds is 6. The topological polar surface area (TPSA) is 55.0 Å². The molecule has 0 aliphatic carbocycles. The quantitative estimate of drug-likeness (QED) is 0.219. The highest BCUT2D eigenvalue weighted by atomic mass is 32.1. The Morgan fingerprint density at radius 2 is 1.57 bits per heavy atom. The van der Waals surface area contributed by atoms with Gasteiger partial charge in [0.25, 0.3) is 5.56 Å². The number of pyridine rings is 1. The summed E-state index contributed by atoms with van der Waals surface area (Å²) in [5.74, 6) is -1.99. The van der Waals surface area contributed by atoms with Crippen LogP contribution in [0.2, 0.25) is 0 Å². The van der Waals surface area contributed by atoms with Gasteiger partial charge >= 0.3 is 12.4 Å². The van der Waals surface area contributed by atoms with Crippen molar-refractivity contribution in [1.82, 2.24) is 4.57 Å². The van der Waals surface area contributed by atoms with E-state index in [4.69, 9.17) is 4.74 Å². The molecule has 2 aromatic heterocycles. The van der Waals surface area contributed by atoms with Crippen molar-refractivity contribution in [3.63, 3.8) is 0 Å². The molecule has 0 fully saturated rings. The highest BCUT2D eigenvalue weighted by molar-refractivity contribution is 7.14. The number of ether oxygens (including phenoxy) is 1. The lowest BCUT2D eigenvalue weighted by Gasteiger charge is -2.17. The number of halogens is 8. The Labute approximate surface area is 225 Å². The SMILES string of the molecule is COCc1ccc(-c2csc(-c3cc(C(F)(F)F)c(C#N)c(=O)n3Cc3ccc(F)cc3F)c2)cc1C(F)(F)F. The van der Waals surface area contributed by atoms with E-state index < -0.39 is 52.8 Å². The van der Waals surface area contributed by atoms with E-state index in [1.807, 2.05) is 0 Å². The maximum Gasteiger partial charge on any atom is 0.417 e. The monoisotopic (exact) mass is 584 g/mol. The molecule has 0 spiro atoms. The summed E-state index contributed by atoms with van der Waals surface area (Å²) in [6.07, 6.45) is -9.81. The van der Waals surface area contributed by atoms with Gasteiger partial charge in [0, 0.05) is 18.7 Å². The zero-order chi connectivity index (χ0) is 29.4. The molecule has 208 valence electrons. The van der Waals surface area contributed by atoms with Crippen LogP contribution >= 0.6 is 11.3 Å². The van der Waals surface area contributed by atoms with Gasteiger partial charge in [0.15, 0.2) is 0 Å². The fourth-order valence-corrected chi connectivity index (χ4v) is 5.03. The molecule has 0 aliphatic heterocycles. The Balaban J connectivity index is 1.91. The van der Waals surface area contributed by atoms with Gasteiger partial charge in [-0.25, -0.2) is 8.78 Å². The lowest BCUT2D eigenvalue weighted by Crippen LogP contribution is -2.28. The molecule has 0 N–H and O–H groups in total. The van der Waals surface area contributed by atoms with Crippen molar-refractivity contribution in [2.24, 2.45) is 0 Å². The molecule has 2 aromatic carbocycles. The minimum Gasteiger partial charge on any atom is -0.380 e. The molecule has 4 nitrogen and oxygen atoms in total. The molecule has 0 atom stereocenters. The van der Waals surface area contributed by atoms with Gasteiger partial charge in [-0.15, -0.1) is 11.3 Å². The first-order valence-electron chi connectivity index (χ1n) is 11.2. The Kier molecular flexibility index (Phi) is 7.87. The standard InChI is InChI=1S/C27H16F8N2O2S/c1-39-12-16-3-2-14(6-20(16)26(30,31)32)17-7-24(40-13-17)23-9-21(27(33,34)35)19(10-36)25(38)37(23)11-15-4-5-18(28)8-22(15)29/h2-9,13H,11-12H2,1H3. The number of aromatic nitrogens is 1. The Hall–Kier alpha value is -4.02. The summed E-state index contributed by atoms with van der Waals surface area (Å²) < 4.78 is 116. The minimum atomic E-state index is -5.10. The number of nitrogens with zero attached hydrogens (tertiary/aromatic N) is 2. The molecule has 0 saturated heterocycles. The molecule has 13 heteroatoms. The van der Waals surface area contributed by atoms with Crippen molar-refractivity contribution in [2.45, 2.75) is 25.5 Å². The summed E-state index contributed by atoms with van der Waals surface area (Å²) >= 11 is 0.828. The van der Waals surface area contributed by atoms with E-state index in [-0.39, 0.29) is 39.4 Å². The third kappa shape index (κ3) is 5.78. The zero-order valence-corrected chi connectivity index (χ0v) is 21.1. The molecule has 0 amide bonds. The second-order valence-corrected chi connectivity index (χ2v) is 9.47.